The summed E-state index contributed by atoms with van der Waals surface area (Å²) in [5.41, 5.74) is 0. The molecule has 0 bridgehead atoms. The fourth-order valence-electron chi connectivity index (χ4n) is 4.07. The van der Waals surface area contributed by atoms with Gasteiger partial charge in [-0.2, -0.15) is 0 Å². The number of hydrogen-bond donors (Lipinski definition) is 1. The van der Waals surface area contributed by atoms with Crippen LogP contribution in [-0.4, -0.2) is 74.7 Å². The highest BCUT2D eigenvalue weighted by atomic mass is 16.5. The Bertz CT molecular complexity index is 447. The molecule has 0 aromatic heterocycles. The molecule has 0 amide bonds. The first-order valence-corrected chi connectivity index (χ1v) is 10.5. The summed E-state index contributed by atoms with van der Waals surface area (Å²) in [6, 6.07) is 0. The molecule has 0 aromatic carbocycles. The van der Waals surface area contributed by atoms with Crippen LogP contribution in [0.2, 0.25) is 0 Å². The van der Waals surface area contributed by atoms with Crippen molar-refractivity contribution >= 4 is 11.9 Å². The summed E-state index contributed by atoms with van der Waals surface area (Å²) >= 11 is 0. The number of carbonyl (C=O) groups is 1. The van der Waals surface area contributed by atoms with Crippen LogP contribution in [-0.2, 0) is 9.53 Å². The lowest BCUT2D eigenvalue weighted by Crippen LogP contribution is -2.47. The second-order valence-electron chi connectivity index (χ2n) is 7.74. The fraction of sp³-hybridized carbons (Fsp3) is 0.900. The molecule has 0 saturated carbocycles. The van der Waals surface area contributed by atoms with E-state index in [1.54, 1.807) is 0 Å². The van der Waals surface area contributed by atoms with E-state index in [9.17, 15) is 4.79 Å². The van der Waals surface area contributed by atoms with Gasteiger partial charge in [-0.1, -0.05) is 6.92 Å². The van der Waals surface area contributed by atoms with Gasteiger partial charge >= 0.3 is 5.97 Å². The van der Waals surface area contributed by atoms with Crippen molar-refractivity contribution in [3.63, 3.8) is 0 Å². The van der Waals surface area contributed by atoms with Crippen LogP contribution in [0.5, 0.6) is 0 Å². The van der Waals surface area contributed by atoms with Gasteiger partial charge in [0.05, 0.1) is 12.5 Å². The average Bonchev–Trinajstić information content (AvgIpc) is 2.65. The summed E-state index contributed by atoms with van der Waals surface area (Å²) < 4.78 is 5.14. The number of hydrogen-bond acceptors (Lipinski definition) is 4. The SMILES string of the molecule is CCOC(=O)C1CCN(C(=NC)NCCCCN2CCCC(C)C2)CC1. The molecule has 0 spiro atoms. The number of aliphatic imine (C=N–C) groups is 1. The molecule has 6 nitrogen and oxygen atoms in total. The minimum Gasteiger partial charge on any atom is -0.466 e. The molecule has 0 radical (unpaired) electrons. The van der Waals surface area contributed by atoms with Crippen molar-refractivity contribution in [3.05, 3.63) is 0 Å². The predicted molar refractivity (Wildman–Crippen MR) is 106 cm³/mol. The second kappa shape index (κ2) is 11.4. The lowest BCUT2D eigenvalue weighted by atomic mass is 9.97. The molecule has 0 aliphatic carbocycles. The van der Waals surface area contributed by atoms with Crippen LogP contribution in [0.1, 0.15) is 52.4 Å². The normalized spacial score (nSPS) is 23.1. The third-order valence-corrected chi connectivity index (χ3v) is 5.55. The van der Waals surface area contributed by atoms with Crippen LogP contribution >= 0.6 is 0 Å². The number of rotatable bonds is 7. The maximum Gasteiger partial charge on any atom is 0.309 e. The van der Waals surface area contributed by atoms with Gasteiger partial charge in [0, 0.05) is 33.2 Å². The quantitative estimate of drug-likeness (QED) is 0.324. The van der Waals surface area contributed by atoms with Crippen molar-refractivity contribution < 1.29 is 9.53 Å². The van der Waals surface area contributed by atoms with E-state index in [0.717, 1.165) is 44.4 Å². The second-order valence-corrected chi connectivity index (χ2v) is 7.74. The van der Waals surface area contributed by atoms with Crippen molar-refractivity contribution in [2.75, 3.05) is 52.9 Å². The number of carbonyl (C=O) groups excluding carboxylic acids is 1. The molecule has 2 fully saturated rings. The lowest BCUT2D eigenvalue weighted by Gasteiger charge is -2.33. The third kappa shape index (κ3) is 6.78. The van der Waals surface area contributed by atoms with Crippen LogP contribution in [0.4, 0.5) is 0 Å². The zero-order valence-corrected chi connectivity index (χ0v) is 17.0. The van der Waals surface area contributed by atoms with Gasteiger partial charge in [0.15, 0.2) is 5.96 Å². The van der Waals surface area contributed by atoms with Gasteiger partial charge in [0.25, 0.3) is 0 Å². The molecule has 150 valence electrons. The zero-order chi connectivity index (χ0) is 18.8. The molecule has 1 atom stereocenters. The molecule has 6 heteroatoms. The number of guanidine groups is 1. The van der Waals surface area contributed by atoms with E-state index in [1.165, 1.54) is 45.3 Å². The topological polar surface area (TPSA) is 57.2 Å². The van der Waals surface area contributed by atoms with E-state index < -0.39 is 0 Å². The molecular formula is C20H38N4O2. The summed E-state index contributed by atoms with van der Waals surface area (Å²) in [6.07, 6.45) is 6.86. The monoisotopic (exact) mass is 366 g/mol. The number of unbranched alkanes of at least 4 members (excludes halogenated alkanes) is 1. The Kier molecular flexibility index (Phi) is 9.23. The van der Waals surface area contributed by atoms with Crippen molar-refractivity contribution in [3.8, 4) is 0 Å². The summed E-state index contributed by atoms with van der Waals surface area (Å²) in [6.45, 7) is 11.2. The van der Waals surface area contributed by atoms with E-state index >= 15 is 0 Å². The minimum atomic E-state index is -0.0397. The molecule has 2 saturated heterocycles. The van der Waals surface area contributed by atoms with Gasteiger partial charge in [0.2, 0.25) is 0 Å². The Hall–Kier alpha value is -1.30. The first-order valence-electron chi connectivity index (χ1n) is 10.5. The van der Waals surface area contributed by atoms with E-state index in [1.807, 2.05) is 14.0 Å². The molecule has 2 aliphatic rings. The molecule has 1 unspecified atom stereocenters. The Labute approximate surface area is 159 Å². The van der Waals surface area contributed by atoms with Crippen LogP contribution in [0, 0.1) is 11.8 Å². The van der Waals surface area contributed by atoms with Crippen molar-refractivity contribution in [1.82, 2.24) is 15.1 Å². The summed E-state index contributed by atoms with van der Waals surface area (Å²) in [5, 5.41) is 3.50. The van der Waals surface area contributed by atoms with Gasteiger partial charge in [-0.25, -0.2) is 0 Å². The van der Waals surface area contributed by atoms with Crippen LogP contribution in [0.15, 0.2) is 4.99 Å². The van der Waals surface area contributed by atoms with Crippen molar-refractivity contribution in [2.45, 2.75) is 52.4 Å². The van der Waals surface area contributed by atoms with Crippen molar-refractivity contribution in [1.29, 1.82) is 0 Å². The van der Waals surface area contributed by atoms with E-state index in [0.29, 0.717) is 6.61 Å². The molecule has 1 N–H and O–H groups in total. The minimum absolute atomic E-state index is 0.0397. The molecule has 0 aromatic rings. The highest BCUT2D eigenvalue weighted by molar-refractivity contribution is 5.80. The molecule has 2 heterocycles. The number of nitrogens with one attached hydrogen (secondary N) is 1. The van der Waals surface area contributed by atoms with E-state index in [4.69, 9.17) is 4.74 Å². The van der Waals surface area contributed by atoms with Crippen LogP contribution in [0.25, 0.3) is 0 Å². The summed E-state index contributed by atoms with van der Waals surface area (Å²) in [7, 11) is 1.84. The molecule has 2 aliphatic heterocycles. The highest BCUT2D eigenvalue weighted by Crippen LogP contribution is 2.19. The largest absolute Gasteiger partial charge is 0.466 e. The van der Waals surface area contributed by atoms with E-state index in [2.05, 4.69) is 27.0 Å². The lowest BCUT2D eigenvalue weighted by molar-refractivity contribution is -0.149. The number of esters is 1. The maximum absolute atomic E-state index is 11.8. The average molecular weight is 367 g/mol. The Morgan fingerprint density at radius 1 is 1.19 bits per heavy atom. The molecule has 2 rings (SSSR count). The Morgan fingerprint density at radius 3 is 2.62 bits per heavy atom. The van der Waals surface area contributed by atoms with E-state index in [-0.39, 0.29) is 11.9 Å². The maximum atomic E-state index is 11.8. The van der Waals surface area contributed by atoms with Gasteiger partial charge in [-0.15, -0.1) is 0 Å². The number of piperidine rings is 2. The molecular weight excluding hydrogens is 328 g/mol. The first kappa shape index (κ1) is 21.0. The van der Waals surface area contributed by atoms with Gasteiger partial charge in [-0.3, -0.25) is 9.79 Å². The third-order valence-electron chi connectivity index (χ3n) is 5.55. The summed E-state index contributed by atoms with van der Waals surface area (Å²) in [4.78, 5) is 21.1. The highest BCUT2D eigenvalue weighted by Gasteiger charge is 2.27. The number of ether oxygens (including phenoxy) is 1. The zero-order valence-electron chi connectivity index (χ0n) is 17.0. The van der Waals surface area contributed by atoms with Gasteiger partial charge in [-0.05, 0) is 64.5 Å². The number of likely N-dealkylation sites (tertiary alicyclic amines) is 2. The van der Waals surface area contributed by atoms with Gasteiger partial charge in [0.1, 0.15) is 0 Å². The van der Waals surface area contributed by atoms with Crippen LogP contribution < -0.4 is 5.32 Å². The Morgan fingerprint density at radius 2 is 1.96 bits per heavy atom. The Balaban J connectivity index is 1.60. The standard InChI is InChI=1S/C20H38N4O2/c1-4-26-19(25)18-9-14-24(15-10-18)20(21-3)22-11-5-6-12-23-13-7-8-17(2)16-23/h17-18H,4-16H2,1-3H3,(H,21,22). The van der Waals surface area contributed by atoms with Crippen molar-refractivity contribution in [2.24, 2.45) is 16.8 Å². The molecule has 26 heavy (non-hydrogen) atoms. The van der Waals surface area contributed by atoms with Crippen LogP contribution in [0.3, 0.4) is 0 Å². The number of nitrogens with zero attached hydrogens (tertiary/aromatic N) is 3. The fourth-order valence-corrected chi connectivity index (χ4v) is 4.07. The summed E-state index contributed by atoms with van der Waals surface area (Å²) in [5.74, 6) is 1.84. The predicted octanol–water partition coefficient (Wildman–Crippen LogP) is 2.35. The van der Waals surface area contributed by atoms with Gasteiger partial charge < -0.3 is 19.9 Å². The first-order chi connectivity index (χ1) is 12.6. The smallest absolute Gasteiger partial charge is 0.309 e.